The van der Waals surface area contributed by atoms with Crippen LogP contribution >= 0.6 is 22.9 Å². The van der Waals surface area contributed by atoms with Crippen molar-refractivity contribution in [1.82, 2.24) is 9.88 Å². The van der Waals surface area contributed by atoms with E-state index in [-0.39, 0.29) is 11.9 Å². The lowest BCUT2D eigenvalue weighted by Crippen LogP contribution is -2.32. The molecule has 3 rings (SSSR count). The molecule has 104 valence electrons. The highest BCUT2D eigenvalue weighted by atomic mass is 35.5. The summed E-state index contributed by atoms with van der Waals surface area (Å²) in [6.45, 7) is 1.33. The predicted octanol–water partition coefficient (Wildman–Crippen LogP) is 2.64. The number of thiazole rings is 1. The van der Waals surface area contributed by atoms with Crippen LogP contribution in [0.15, 0.2) is 29.6 Å². The summed E-state index contributed by atoms with van der Waals surface area (Å²) in [5.41, 5.74) is 7.24. The standard InChI is InChI=1S/C14H14ClN3OS/c15-10-3-1-2-9(6-10)13-17-12(8-20-13)14(19)18-5-4-11(16)7-18/h1-3,6,8,11H,4-5,7,16H2/t11-/m1/s1. The van der Waals surface area contributed by atoms with Crippen LogP contribution < -0.4 is 5.73 Å². The Morgan fingerprint density at radius 2 is 2.35 bits per heavy atom. The molecular formula is C14H14ClN3OS. The van der Waals surface area contributed by atoms with Gasteiger partial charge in [0.1, 0.15) is 10.7 Å². The Hall–Kier alpha value is -1.43. The second-order valence-electron chi connectivity index (χ2n) is 4.85. The number of aromatic nitrogens is 1. The van der Waals surface area contributed by atoms with Gasteiger partial charge >= 0.3 is 0 Å². The number of carbonyl (C=O) groups is 1. The molecule has 0 radical (unpaired) electrons. The van der Waals surface area contributed by atoms with Crippen molar-refractivity contribution in [2.24, 2.45) is 5.73 Å². The first-order valence-electron chi connectivity index (χ1n) is 6.40. The Morgan fingerprint density at radius 3 is 3.05 bits per heavy atom. The van der Waals surface area contributed by atoms with Crippen molar-refractivity contribution >= 4 is 28.8 Å². The van der Waals surface area contributed by atoms with Crippen LogP contribution in [0, 0.1) is 0 Å². The van der Waals surface area contributed by atoms with Crippen LogP contribution in [0.3, 0.4) is 0 Å². The average molecular weight is 308 g/mol. The second kappa shape index (κ2) is 5.52. The van der Waals surface area contributed by atoms with E-state index in [9.17, 15) is 4.79 Å². The highest BCUT2D eigenvalue weighted by Crippen LogP contribution is 2.26. The number of rotatable bonds is 2. The molecule has 2 N–H and O–H groups in total. The first-order valence-corrected chi connectivity index (χ1v) is 7.65. The van der Waals surface area contributed by atoms with Gasteiger partial charge in [0.15, 0.2) is 0 Å². The Labute approximate surface area is 126 Å². The van der Waals surface area contributed by atoms with Gasteiger partial charge in [-0.2, -0.15) is 0 Å². The number of likely N-dealkylation sites (tertiary alicyclic amines) is 1. The summed E-state index contributed by atoms with van der Waals surface area (Å²) in [7, 11) is 0. The number of hydrogen-bond donors (Lipinski definition) is 1. The molecule has 0 bridgehead atoms. The number of benzene rings is 1. The third-order valence-corrected chi connectivity index (χ3v) is 4.43. The summed E-state index contributed by atoms with van der Waals surface area (Å²) in [5, 5.41) is 3.26. The molecule has 2 heterocycles. The van der Waals surface area contributed by atoms with E-state index in [0.717, 1.165) is 17.0 Å². The number of halogens is 1. The summed E-state index contributed by atoms with van der Waals surface area (Å²) in [6, 6.07) is 7.56. The molecule has 1 aliphatic heterocycles. The topological polar surface area (TPSA) is 59.2 Å². The molecular weight excluding hydrogens is 294 g/mol. The molecule has 0 aliphatic carbocycles. The van der Waals surface area contributed by atoms with Crippen molar-refractivity contribution < 1.29 is 4.79 Å². The molecule has 0 unspecified atom stereocenters. The molecule has 1 atom stereocenters. The number of nitrogens with zero attached hydrogens (tertiary/aromatic N) is 2. The lowest BCUT2D eigenvalue weighted by molar-refractivity contribution is 0.0786. The Bertz CT molecular complexity index is 643. The lowest BCUT2D eigenvalue weighted by Gasteiger charge is -2.13. The van der Waals surface area contributed by atoms with Gasteiger partial charge < -0.3 is 10.6 Å². The Morgan fingerprint density at radius 1 is 1.50 bits per heavy atom. The highest BCUT2D eigenvalue weighted by Gasteiger charge is 2.26. The maximum absolute atomic E-state index is 12.3. The second-order valence-corrected chi connectivity index (χ2v) is 6.14. The average Bonchev–Trinajstić information content (AvgIpc) is 3.07. The molecule has 1 amide bonds. The minimum Gasteiger partial charge on any atom is -0.336 e. The van der Waals surface area contributed by atoms with E-state index in [1.54, 1.807) is 10.3 Å². The molecule has 4 nitrogen and oxygen atoms in total. The van der Waals surface area contributed by atoms with E-state index in [1.807, 2.05) is 24.3 Å². The van der Waals surface area contributed by atoms with E-state index in [2.05, 4.69) is 4.98 Å². The van der Waals surface area contributed by atoms with Crippen LogP contribution in [0.2, 0.25) is 5.02 Å². The van der Waals surface area contributed by atoms with Crippen LogP contribution in [0.4, 0.5) is 0 Å². The van der Waals surface area contributed by atoms with E-state index in [1.165, 1.54) is 11.3 Å². The zero-order valence-electron chi connectivity index (χ0n) is 10.8. The highest BCUT2D eigenvalue weighted by molar-refractivity contribution is 7.13. The fourth-order valence-electron chi connectivity index (χ4n) is 2.26. The molecule has 1 fully saturated rings. The first-order chi connectivity index (χ1) is 9.63. The van der Waals surface area contributed by atoms with Gasteiger partial charge in [-0.3, -0.25) is 4.79 Å². The van der Waals surface area contributed by atoms with Crippen molar-refractivity contribution in [3.8, 4) is 10.6 Å². The van der Waals surface area contributed by atoms with Gasteiger partial charge in [-0.25, -0.2) is 4.98 Å². The first kappa shape index (κ1) is 13.5. The summed E-state index contributed by atoms with van der Waals surface area (Å²) in [6.07, 6.45) is 0.858. The minimum atomic E-state index is -0.0394. The zero-order valence-corrected chi connectivity index (χ0v) is 12.3. The van der Waals surface area contributed by atoms with Gasteiger partial charge in [-0.15, -0.1) is 11.3 Å². The Kier molecular flexibility index (Phi) is 3.74. The zero-order chi connectivity index (χ0) is 14.1. The maximum atomic E-state index is 12.3. The van der Waals surface area contributed by atoms with Gasteiger partial charge in [-0.05, 0) is 18.6 Å². The van der Waals surface area contributed by atoms with Crippen LogP contribution in [0.5, 0.6) is 0 Å². The van der Waals surface area contributed by atoms with Crippen molar-refractivity contribution in [2.75, 3.05) is 13.1 Å². The van der Waals surface area contributed by atoms with E-state index in [4.69, 9.17) is 17.3 Å². The molecule has 1 aliphatic rings. The number of amides is 1. The fourth-order valence-corrected chi connectivity index (χ4v) is 3.24. The van der Waals surface area contributed by atoms with Crippen LogP contribution in [0.1, 0.15) is 16.9 Å². The van der Waals surface area contributed by atoms with Crippen molar-refractivity contribution in [2.45, 2.75) is 12.5 Å². The van der Waals surface area contributed by atoms with Gasteiger partial charge in [0.05, 0.1) is 0 Å². The van der Waals surface area contributed by atoms with Gasteiger partial charge in [0, 0.05) is 35.1 Å². The smallest absolute Gasteiger partial charge is 0.273 e. The van der Waals surface area contributed by atoms with Crippen molar-refractivity contribution in [3.05, 3.63) is 40.4 Å². The molecule has 20 heavy (non-hydrogen) atoms. The summed E-state index contributed by atoms with van der Waals surface area (Å²) >= 11 is 7.42. The van der Waals surface area contributed by atoms with E-state index in [0.29, 0.717) is 23.8 Å². The molecule has 1 saturated heterocycles. The van der Waals surface area contributed by atoms with Gasteiger partial charge in [0.2, 0.25) is 0 Å². The van der Waals surface area contributed by atoms with Gasteiger partial charge in [0.25, 0.3) is 5.91 Å². The Balaban J connectivity index is 1.81. The van der Waals surface area contributed by atoms with E-state index >= 15 is 0 Å². The van der Waals surface area contributed by atoms with Crippen LogP contribution in [-0.2, 0) is 0 Å². The summed E-state index contributed by atoms with van der Waals surface area (Å²) in [5.74, 6) is -0.0394. The number of nitrogens with two attached hydrogens (primary N) is 1. The van der Waals surface area contributed by atoms with Crippen LogP contribution in [0.25, 0.3) is 10.6 Å². The predicted molar refractivity (Wildman–Crippen MR) is 81.1 cm³/mol. The quantitative estimate of drug-likeness (QED) is 0.928. The van der Waals surface area contributed by atoms with Crippen molar-refractivity contribution in [1.29, 1.82) is 0 Å². The van der Waals surface area contributed by atoms with Crippen molar-refractivity contribution in [3.63, 3.8) is 0 Å². The molecule has 1 aromatic heterocycles. The normalized spacial score (nSPS) is 18.5. The monoisotopic (exact) mass is 307 g/mol. The summed E-state index contributed by atoms with van der Waals surface area (Å²) in [4.78, 5) is 18.5. The molecule has 0 saturated carbocycles. The molecule has 1 aromatic carbocycles. The summed E-state index contributed by atoms with van der Waals surface area (Å²) < 4.78 is 0. The molecule has 0 spiro atoms. The third kappa shape index (κ3) is 2.70. The minimum absolute atomic E-state index is 0.0394. The number of carbonyl (C=O) groups excluding carboxylic acids is 1. The molecule has 6 heteroatoms. The maximum Gasteiger partial charge on any atom is 0.273 e. The van der Waals surface area contributed by atoms with Crippen LogP contribution in [-0.4, -0.2) is 34.9 Å². The van der Waals surface area contributed by atoms with Gasteiger partial charge in [-0.1, -0.05) is 23.7 Å². The lowest BCUT2D eigenvalue weighted by atomic mass is 10.2. The van der Waals surface area contributed by atoms with E-state index < -0.39 is 0 Å². The largest absolute Gasteiger partial charge is 0.336 e. The fraction of sp³-hybridized carbons (Fsp3) is 0.286. The SMILES string of the molecule is N[C@@H]1CCN(C(=O)c2csc(-c3cccc(Cl)c3)n2)C1. The number of hydrogen-bond acceptors (Lipinski definition) is 4. The third-order valence-electron chi connectivity index (χ3n) is 3.31. The molecule has 2 aromatic rings.